The van der Waals surface area contributed by atoms with Gasteiger partial charge in [-0.1, -0.05) is 12.1 Å². The van der Waals surface area contributed by atoms with Crippen LogP contribution in [0.25, 0.3) is 0 Å². The van der Waals surface area contributed by atoms with E-state index in [1.54, 1.807) is 36.1 Å². The molecule has 0 fully saturated rings. The third kappa shape index (κ3) is 4.20. The van der Waals surface area contributed by atoms with E-state index in [0.717, 1.165) is 11.3 Å². The van der Waals surface area contributed by atoms with Gasteiger partial charge in [-0.2, -0.15) is 5.26 Å². The van der Waals surface area contributed by atoms with Crippen molar-refractivity contribution in [3.63, 3.8) is 0 Å². The van der Waals surface area contributed by atoms with E-state index in [9.17, 15) is 4.79 Å². The lowest BCUT2D eigenvalue weighted by atomic mass is 10.1. The Kier molecular flexibility index (Phi) is 5.13. The van der Waals surface area contributed by atoms with Crippen molar-refractivity contribution in [2.75, 3.05) is 19.0 Å². The Morgan fingerprint density at radius 1 is 1.24 bits per heavy atom. The van der Waals surface area contributed by atoms with E-state index in [0.29, 0.717) is 25.3 Å². The van der Waals surface area contributed by atoms with Gasteiger partial charge in [-0.3, -0.25) is 4.79 Å². The maximum atomic E-state index is 11.7. The van der Waals surface area contributed by atoms with Crippen molar-refractivity contribution in [2.24, 2.45) is 0 Å². The number of rotatable bonds is 6. The number of nitrogens with one attached hydrogen (secondary N) is 1. The summed E-state index contributed by atoms with van der Waals surface area (Å²) in [6.07, 6.45) is 1.78. The van der Waals surface area contributed by atoms with E-state index >= 15 is 0 Å². The summed E-state index contributed by atoms with van der Waals surface area (Å²) in [6, 6.07) is 12.8. The van der Waals surface area contributed by atoms with Gasteiger partial charge in [0.15, 0.2) is 0 Å². The molecular formula is C16H17N3O2. The van der Waals surface area contributed by atoms with E-state index in [1.807, 2.05) is 12.1 Å². The minimum Gasteiger partial charge on any atom is -0.383 e. The van der Waals surface area contributed by atoms with Crippen LogP contribution in [0.4, 0.5) is 5.69 Å². The number of hydrogen-bond donors (Lipinski definition) is 1. The van der Waals surface area contributed by atoms with Crippen LogP contribution in [0.15, 0.2) is 47.4 Å². The molecule has 0 aliphatic carbocycles. The third-order valence-electron chi connectivity index (χ3n) is 3.10. The number of anilines is 1. The molecule has 108 valence electrons. The van der Waals surface area contributed by atoms with Crippen molar-refractivity contribution in [1.82, 2.24) is 4.57 Å². The lowest BCUT2D eigenvalue weighted by Crippen LogP contribution is -2.21. The SMILES string of the molecule is COCCn1cc(NCc2ccc(C#N)cc2)ccc1=O. The summed E-state index contributed by atoms with van der Waals surface area (Å²) in [5.74, 6) is 0. The molecule has 0 saturated carbocycles. The van der Waals surface area contributed by atoms with Gasteiger partial charge in [-0.15, -0.1) is 0 Å². The summed E-state index contributed by atoms with van der Waals surface area (Å²) >= 11 is 0. The van der Waals surface area contributed by atoms with Gasteiger partial charge >= 0.3 is 0 Å². The molecule has 0 unspecified atom stereocenters. The fourth-order valence-electron chi connectivity index (χ4n) is 1.90. The topological polar surface area (TPSA) is 67.0 Å². The van der Waals surface area contributed by atoms with Gasteiger partial charge in [0.2, 0.25) is 0 Å². The lowest BCUT2D eigenvalue weighted by molar-refractivity contribution is 0.186. The number of hydrogen-bond acceptors (Lipinski definition) is 4. The summed E-state index contributed by atoms with van der Waals surface area (Å²) in [5, 5.41) is 12.0. The maximum absolute atomic E-state index is 11.7. The molecule has 0 saturated heterocycles. The molecule has 1 N–H and O–H groups in total. The Hall–Kier alpha value is -2.58. The molecule has 1 aromatic heterocycles. The standard InChI is InChI=1S/C16H17N3O2/c1-21-9-8-19-12-15(6-7-16(19)20)18-11-14-4-2-13(10-17)3-5-14/h2-7,12,18H,8-9,11H2,1H3. The maximum Gasteiger partial charge on any atom is 0.250 e. The molecule has 0 aliphatic rings. The van der Waals surface area contributed by atoms with Crippen molar-refractivity contribution in [3.8, 4) is 6.07 Å². The van der Waals surface area contributed by atoms with Crippen molar-refractivity contribution in [2.45, 2.75) is 13.1 Å². The van der Waals surface area contributed by atoms with Crippen molar-refractivity contribution in [3.05, 3.63) is 64.1 Å². The number of methoxy groups -OCH3 is 1. The average molecular weight is 283 g/mol. The van der Waals surface area contributed by atoms with Gasteiger partial charge in [0, 0.05) is 32.5 Å². The normalized spacial score (nSPS) is 10.1. The second kappa shape index (κ2) is 7.27. The van der Waals surface area contributed by atoms with Crippen molar-refractivity contribution in [1.29, 1.82) is 5.26 Å². The first-order chi connectivity index (χ1) is 10.2. The van der Waals surface area contributed by atoms with Crippen LogP contribution in [-0.2, 0) is 17.8 Å². The number of benzene rings is 1. The minimum absolute atomic E-state index is 0.0454. The fourth-order valence-corrected chi connectivity index (χ4v) is 1.90. The average Bonchev–Trinajstić information content (AvgIpc) is 2.53. The van der Waals surface area contributed by atoms with Gasteiger partial charge < -0.3 is 14.6 Å². The van der Waals surface area contributed by atoms with Crippen LogP contribution in [0.5, 0.6) is 0 Å². The van der Waals surface area contributed by atoms with Gasteiger partial charge in [0.25, 0.3) is 5.56 Å². The first-order valence-corrected chi connectivity index (χ1v) is 6.65. The Labute approximate surface area is 123 Å². The molecule has 5 heteroatoms. The first-order valence-electron chi connectivity index (χ1n) is 6.65. The summed E-state index contributed by atoms with van der Waals surface area (Å²) in [7, 11) is 1.61. The molecule has 1 aromatic carbocycles. The zero-order chi connectivity index (χ0) is 15.1. The number of nitrogens with zero attached hydrogens (tertiary/aromatic N) is 2. The molecule has 21 heavy (non-hydrogen) atoms. The smallest absolute Gasteiger partial charge is 0.250 e. The molecule has 0 spiro atoms. The van der Waals surface area contributed by atoms with Crippen molar-refractivity contribution >= 4 is 5.69 Å². The van der Waals surface area contributed by atoms with E-state index in [4.69, 9.17) is 10.00 Å². The molecular weight excluding hydrogens is 266 g/mol. The van der Waals surface area contributed by atoms with Crippen LogP contribution in [0.2, 0.25) is 0 Å². The minimum atomic E-state index is -0.0454. The molecule has 2 aromatic rings. The summed E-state index contributed by atoms with van der Waals surface area (Å²) < 4.78 is 6.60. The molecule has 0 amide bonds. The Morgan fingerprint density at radius 2 is 2.00 bits per heavy atom. The molecule has 2 rings (SSSR count). The van der Waals surface area contributed by atoms with Gasteiger partial charge in [0.05, 0.1) is 23.9 Å². The highest BCUT2D eigenvalue weighted by atomic mass is 16.5. The first kappa shape index (κ1) is 14.8. The largest absolute Gasteiger partial charge is 0.383 e. The van der Waals surface area contributed by atoms with Crippen LogP contribution < -0.4 is 10.9 Å². The van der Waals surface area contributed by atoms with Crippen molar-refractivity contribution < 1.29 is 4.74 Å². The molecule has 5 nitrogen and oxygen atoms in total. The van der Waals surface area contributed by atoms with E-state index in [2.05, 4.69) is 11.4 Å². The molecule has 0 aliphatic heterocycles. The highest BCUT2D eigenvalue weighted by Gasteiger charge is 1.99. The number of nitriles is 1. The van der Waals surface area contributed by atoms with Crippen LogP contribution in [0, 0.1) is 11.3 Å². The Bertz CT molecular complexity index is 684. The molecule has 0 atom stereocenters. The van der Waals surface area contributed by atoms with Gasteiger partial charge in [-0.25, -0.2) is 0 Å². The zero-order valence-corrected chi connectivity index (χ0v) is 11.9. The molecule has 0 bridgehead atoms. The van der Waals surface area contributed by atoms with Crippen LogP contribution in [0.1, 0.15) is 11.1 Å². The third-order valence-corrected chi connectivity index (χ3v) is 3.10. The monoisotopic (exact) mass is 283 g/mol. The Morgan fingerprint density at radius 3 is 2.67 bits per heavy atom. The summed E-state index contributed by atoms with van der Waals surface area (Å²) in [5.41, 5.74) is 2.54. The highest BCUT2D eigenvalue weighted by molar-refractivity contribution is 5.41. The van der Waals surface area contributed by atoms with Crippen LogP contribution in [0.3, 0.4) is 0 Å². The summed E-state index contributed by atoms with van der Waals surface area (Å²) in [6.45, 7) is 1.66. The van der Waals surface area contributed by atoms with Crippen LogP contribution in [-0.4, -0.2) is 18.3 Å². The summed E-state index contributed by atoms with van der Waals surface area (Å²) in [4.78, 5) is 11.7. The highest BCUT2D eigenvalue weighted by Crippen LogP contribution is 2.08. The number of pyridine rings is 1. The second-order valence-electron chi connectivity index (χ2n) is 4.60. The van der Waals surface area contributed by atoms with E-state index in [-0.39, 0.29) is 5.56 Å². The predicted octanol–water partition coefficient (Wildman–Crippen LogP) is 1.98. The zero-order valence-electron chi connectivity index (χ0n) is 11.9. The molecule has 0 radical (unpaired) electrons. The van der Waals surface area contributed by atoms with Gasteiger partial charge in [0.1, 0.15) is 0 Å². The van der Waals surface area contributed by atoms with E-state index in [1.165, 1.54) is 6.07 Å². The van der Waals surface area contributed by atoms with E-state index < -0.39 is 0 Å². The second-order valence-corrected chi connectivity index (χ2v) is 4.60. The fraction of sp³-hybridized carbons (Fsp3) is 0.250. The lowest BCUT2D eigenvalue weighted by Gasteiger charge is -2.10. The Balaban J connectivity index is 2.02. The number of ether oxygens (including phenoxy) is 1. The quantitative estimate of drug-likeness (QED) is 0.880. The molecule has 1 heterocycles. The number of aromatic nitrogens is 1. The van der Waals surface area contributed by atoms with Crippen LogP contribution >= 0.6 is 0 Å². The van der Waals surface area contributed by atoms with Gasteiger partial charge in [-0.05, 0) is 23.8 Å². The predicted molar refractivity (Wildman–Crippen MR) is 81.1 cm³/mol.